The summed E-state index contributed by atoms with van der Waals surface area (Å²) in [5, 5.41) is 0. The number of amides is 3. The third-order valence-electron chi connectivity index (χ3n) is 5.59. The van der Waals surface area contributed by atoms with Gasteiger partial charge in [0.15, 0.2) is 0 Å². The van der Waals surface area contributed by atoms with Gasteiger partial charge in [-0.1, -0.05) is 36.4 Å². The van der Waals surface area contributed by atoms with E-state index in [4.69, 9.17) is 4.74 Å². The maximum absolute atomic E-state index is 12.7. The van der Waals surface area contributed by atoms with Gasteiger partial charge in [0.1, 0.15) is 5.75 Å². The van der Waals surface area contributed by atoms with Crippen LogP contribution in [-0.4, -0.2) is 35.1 Å². The van der Waals surface area contributed by atoms with Gasteiger partial charge < -0.3 is 9.64 Å². The Kier molecular flexibility index (Phi) is 5.35. The third-order valence-corrected chi connectivity index (χ3v) is 5.59. The van der Waals surface area contributed by atoms with Crippen molar-refractivity contribution in [3.05, 3.63) is 60.2 Å². The molecule has 3 amide bonds. The first-order chi connectivity index (χ1) is 14.4. The number of anilines is 1. The molecule has 154 valence electrons. The van der Waals surface area contributed by atoms with E-state index in [1.165, 1.54) is 6.07 Å². The van der Waals surface area contributed by atoms with Crippen LogP contribution in [0.2, 0.25) is 0 Å². The normalized spacial score (nSPS) is 20.0. The maximum Gasteiger partial charge on any atom is 0.316 e. The highest BCUT2D eigenvalue weighted by Crippen LogP contribution is 2.30. The van der Waals surface area contributed by atoms with Crippen molar-refractivity contribution in [1.29, 1.82) is 0 Å². The van der Waals surface area contributed by atoms with Gasteiger partial charge >= 0.3 is 5.97 Å². The number of hydrogen-bond donors (Lipinski definition) is 0. The highest BCUT2D eigenvalue weighted by molar-refractivity contribution is 6.19. The summed E-state index contributed by atoms with van der Waals surface area (Å²) in [7, 11) is 0. The van der Waals surface area contributed by atoms with Crippen LogP contribution in [0.5, 0.6) is 5.75 Å². The Balaban J connectivity index is 1.43. The molecule has 0 aliphatic carbocycles. The van der Waals surface area contributed by atoms with Crippen molar-refractivity contribution in [2.75, 3.05) is 11.4 Å². The lowest BCUT2D eigenvalue weighted by Gasteiger charge is -2.25. The van der Waals surface area contributed by atoms with Crippen molar-refractivity contribution in [2.45, 2.75) is 32.2 Å². The van der Waals surface area contributed by atoms with Gasteiger partial charge in [-0.15, -0.1) is 0 Å². The van der Waals surface area contributed by atoms with Crippen LogP contribution in [0.3, 0.4) is 0 Å². The van der Waals surface area contributed by atoms with E-state index >= 15 is 0 Å². The molecule has 2 saturated heterocycles. The van der Waals surface area contributed by atoms with Gasteiger partial charge in [-0.25, -0.2) is 0 Å². The predicted molar refractivity (Wildman–Crippen MR) is 108 cm³/mol. The van der Waals surface area contributed by atoms with Crippen LogP contribution in [0, 0.1) is 5.92 Å². The Bertz CT molecular complexity index is 988. The second kappa shape index (κ2) is 8.10. The van der Waals surface area contributed by atoms with Gasteiger partial charge in [-0.3, -0.25) is 24.1 Å². The van der Waals surface area contributed by atoms with E-state index in [1.54, 1.807) is 23.1 Å². The molecule has 2 aliphatic heterocycles. The van der Waals surface area contributed by atoms with Crippen LogP contribution in [0.1, 0.15) is 37.8 Å². The first kappa shape index (κ1) is 19.8. The van der Waals surface area contributed by atoms with Gasteiger partial charge in [0.05, 0.1) is 17.6 Å². The molecule has 0 spiro atoms. The minimum Gasteiger partial charge on any atom is -0.426 e. The Hall–Kier alpha value is -3.48. The van der Waals surface area contributed by atoms with Crippen LogP contribution in [-0.2, 0) is 19.2 Å². The molecule has 0 N–H and O–H groups in total. The Labute approximate surface area is 174 Å². The van der Waals surface area contributed by atoms with Crippen LogP contribution in [0.15, 0.2) is 54.6 Å². The summed E-state index contributed by atoms with van der Waals surface area (Å²) >= 11 is 0. The number of imide groups is 1. The fourth-order valence-electron chi connectivity index (χ4n) is 3.93. The molecule has 2 heterocycles. The Morgan fingerprint density at radius 2 is 1.67 bits per heavy atom. The first-order valence-electron chi connectivity index (χ1n) is 9.96. The molecule has 7 nitrogen and oxygen atoms in total. The summed E-state index contributed by atoms with van der Waals surface area (Å²) in [6, 6.07) is 15.9. The standard InChI is InChI=1S/C23H22N2O5/c1-15(16-6-3-2-4-7-16)24-14-17(12-22(24)28)23(29)30-19-9-5-8-18(13-19)25-20(26)10-11-21(25)27/h2-9,13,15,17H,10-12,14H2,1H3/t15-,17+/m0/s1. The topological polar surface area (TPSA) is 84.0 Å². The van der Waals surface area contributed by atoms with Crippen molar-refractivity contribution >= 4 is 29.4 Å². The van der Waals surface area contributed by atoms with Crippen LogP contribution in [0.4, 0.5) is 5.69 Å². The average molecular weight is 406 g/mol. The highest BCUT2D eigenvalue weighted by atomic mass is 16.5. The van der Waals surface area contributed by atoms with Crippen molar-refractivity contribution in [3.63, 3.8) is 0 Å². The highest BCUT2D eigenvalue weighted by Gasteiger charge is 2.38. The molecule has 2 atom stereocenters. The maximum atomic E-state index is 12.7. The molecule has 0 saturated carbocycles. The summed E-state index contributed by atoms with van der Waals surface area (Å²) in [4.78, 5) is 51.8. The van der Waals surface area contributed by atoms with Gasteiger partial charge in [0.2, 0.25) is 17.7 Å². The number of rotatable bonds is 5. The van der Waals surface area contributed by atoms with E-state index in [1.807, 2.05) is 37.3 Å². The zero-order chi connectivity index (χ0) is 21.3. The molecular weight excluding hydrogens is 384 g/mol. The summed E-state index contributed by atoms with van der Waals surface area (Å²) in [5.74, 6) is -1.45. The molecule has 0 radical (unpaired) electrons. The summed E-state index contributed by atoms with van der Waals surface area (Å²) in [6.45, 7) is 2.23. The summed E-state index contributed by atoms with van der Waals surface area (Å²) in [6.07, 6.45) is 0.462. The molecule has 0 aromatic heterocycles. The number of ether oxygens (including phenoxy) is 1. The van der Waals surface area contributed by atoms with Crippen LogP contribution >= 0.6 is 0 Å². The quantitative estimate of drug-likeness (QED) is 0.433. The van der Waals surface area contributed by atoms with Gasteiger partial charge in [-0.2, -0.15) is 0 Å². The summed E-state index contributed by atoms with van der Waals surface area (Å²) in [5.41, 5.74) is 1.39. The van der Waals surface area contributed by atoms with Crippen LogP contribution in [0.25, 0.3) is 0 Å². The molecule has 2 fully saturated rings. The number of carbonyl (C=O) groups is 4. The SMILES string of the molecule is C[C@@H](c1ccccc1)N1C[C@H](C(=O)Oc2cccc(N3C(=O)CCC3=O)c2)CC1=O. The zero-order valence-corrected chi connectivity index (χ0v) is 16.6. The minimum atomic E-state index is -0.567. The molecule has 2 aromatic rings. The molecule has 7 heteroatoms. The lowest BCUT2D eigenvalue weighted by atomic mass is 10.1. The lowest BCUT2D eigenvalue weighted by Crippen LogP contribution is -2.30. The number of esters is 1. The molecule has 2 aliphatic rings. The van der Waals surface area contributed by atoms with E-state index in [0.29, 0.717) is 5.69 Å². The number of likely N-dealkylation sites (tertiary alicyclic amines) is 1. The monoisotopic (exact) mass is 406 g/mol. The summed E-state index contributed by atoms with van der Waals surface area (Å²) < 4.78 is 5.48. The molecule has 0 unspecified atom stereocenters. The lowest BCUT2D eigenvalue weighted by molar-refractivity contribution is -0.139. The Morgan fingerprint density at radius 1 is 0.967 bits per heavy atom. The first-order valence-corrected chi connectivity index (χ1v) is 9.96. The Morgan fingerprint density at radius 3 is 2.37 bits per heavy atom. The van der Waals surface area contributed by atoms with Crippen molar-refractivity contribution in [1.82, 2.24) is 4.90 Å². The predicted octanol–water partition coefficient (Wildman–Crippen LogP) is 2.86. The van der Waals surface area contributed by atoms with Crippen molar-refractivity contribution in [3.8, 4) is 5.75 Å². The third kappa shape index (κ3) is 3.83. The average Bonchev–Trinajstić information content (AvgIpc) is 3.30. The van der Waals surface area contributed by atoms with Crippen LogP contribution < -0.4 is 9.64 Å². The molecule has 2 aromatic carbocycles. The molecule has 0 bridgehead atoms. The van der Waals surface area contributed by atoms with Gasteiger partial charge in [0, 0.05) is 31.9 Å². The fraction of sp³-hybridized carbons (Fsp3) is 0.304. The van der Waals surface area contributed by atoms with E-state index in [9.17, 15) is 19.2 Å². The molecular formula is C23H22N2O5. The van der Waals surface area contributed by atoms with E-state index < -0.39 is 11.9 Å². The second-order valence-electron chi connectivity index (χ2n) is 7.58. The van der Waals surface area contributed by atoms with Crippen molar-refractivity contribution in [2.24, 2.45) is 5.92 Å². The number of nitrogens with zero attached hydrogens (tertiary/aromatic N) is 2. The number of benzene rings is 2. The molecule has 30 heavy (non-hydrogen) atoms. The smallest absolute Gasteiger partial charge is 0.316 e. The van der Waals surface area contributed by atoms with Gasteiger partial charge in [0.25, 0.3) is 0 Å². The van der Waals surface area contributed by atoms with E-state index in [0.717, 1.165) is 10.5 Å². The molecule has 4 rings (SSSR count). The number of carbonyl (C=O) groups excluding carboxylic acids is 4. The zero-order valence-electron chi connectivity index (χ0n) is 16.6. The number of hydrogen-bond acceptors (Lipinski definition) is 5. The van der Waals surface area contributed by atoms with E-state index in [-0.39, 0.29) is 55.3 Å². The minimum absolute atomic E-state index is 0.0877. The van der Waals surface area contributed by atoms with Gasteiger partial charge in [-0.05, 0) is 24.6 Å². The van der Waals surface area contributed by atoms with E-state index in [2.05, 4.69) is 0 Å². The fourth-order valence-corrected chi connectivity index (χ4v) is 3.93. The second-order valence-corrected chi connectivity index (χ2v) is 7.58. The largest absolute Gasteiger partial charge is 0.426 e. The van der Waals surface area contributed by atoms with Crippen molar-refractivity contribution < 1.29 is 23.9 Å².